The minimum atomic E-state index is -4.42. The summed E-state index contributed by atoms with van der Waals surface area (Å²) in [6.07, 6.45) is -4.19. The van der Waals surface area contributed by atoms with Gasteiger partial charge in [-0.25, -0.2) is 0 Å². The molecule has 1 fully saturated rings. The maximum absolute atomic E-state index is 13.0. The lowest BCUT2D eigenvalue weighted by Crippen LogP contribution is -2.46. The Hall–Kier alpha value is -1.64. The zero-order valence-corrected chi connectivity index (χ0v) is 15.0. The predicted molar refractivity (Wildman–Crippen MR) is 90.7 cm³/mol. The molecule has 0 spiro atoms. The summed E-state index contributed by atoms with van der Waals surface area (Å²) in [4.78, 5) is 14.3. The lowest BCUT2D eigenvalue weighted by Gasteiger charge is -2.32. The number of carbonyl (C=O) groups is 1. The van der Waals surface area contributed by atoms with Crippen LogP contribution in [0.4, 0.5) is 13.2 Å². The molecule has 1 aromatic carbocycles. The summed E-state index contributed by atoms with van der Waals surface area (Å²) >= 11 is 0. The van der Waals surface area contributed by atoms with Gasteiger partial charge >= 0.3 is 6.18 Å². The minimum Gasteiger partial charge on any atom is -0.383 e. The van der Waals surface area contributed by atoms with Crippen LogP contribution in [0.3, 0.4) is 0 Å². The Morgan fingerprint density at radius 1 is 1.46 bits per heavy atom. The number of alkyl halides is 3. The van der Waals surface area contributed by atoms with Crippen molar-refractivity contribution in [2.45, 2.75) is 31.6 Å². The SMILES string of the molecule is COCCN(C(=O)CC1COCCN1)C(C)c1cccc(C(F)(F)F)c1. The largest absolute Gasteiger partial charge is 0.416 e. The normalized spacial score (nSPS) is 19.2. The highest BCUT2D eigenvalue weighted by Gasteiger charge is 2.32. The van der Waals surface area contributed by atoms with Gasteiger partial charge in [0.2, 0.25) is 5.91 Å². The molecule has 1 heterocycles. The molecular weight excluding hydrogens is 349 g/mol. The minimum absolute atomic E-state index is 0.0880. The van der Waals surface area contributed by atoms with E-state index in [1.165, 1.54) is 13.2 Å². The first kappa shape index (κ1) is 20.7. The first-order valence-electron chi connectivity index (χ1n) is 8.59. The van der Waals surface area contributed by atoms with Crippen LogP contribution < -0.4 is 5.32 Å². The molecule has 8 heteroatoms. The summed E-state index contributed by atoms with van der Waals surface area (Å²) in [6, 6.07) is 4.51. The molecule has 1 N–H and O–H groups in total. The number of hydrogen-bond donors (Lipinski definition) is 1. The third-order valence-corrected chi connectivity index (χ3v) is 4.44. The van der Waals surface area contributed by atoms with Crippen LogP contribution in [0.1, 0.15) is 30.5 Å². The Morgan fingerprint density at radius 2 is 2.23 bits per heavy atom. The van der Waals surface area contributed by atoms with E-state index in [2.05, 4.69) is 5.32 Å². The number of nitrogens with one attached hydrogen (secondary N) is 1. The first-order valence-corrected chi connectivity index (χ1v) is 8.59. The summed E-state index contributed by atoms with van der Waals surface area (Å²) in [6.45, 7) is 4.08. The number of rotatable bonds is 7. The van der Waals surface area contributed by atoms with Gasteiger partial charge in [0, 0.05) is 32.7 Å². The molecule has 0 aromatic heterocycles. The molecule has 1 aromatic rings. The first-order chi connectivity index (χ1) is 12.3. The molecule has 0 saturated carbocycles. The monoisotopic (exact) mass is 374 g/mol. The van der Waals surface area contributed by atoms with E-state index in [1.807, 2.05) is 0 Å². The van der Waals surface area contributed by atoms with E-state index in [-0.39, 0.29) is 18.4 Å². The van der Waals surface area contributed by atoms with E-state index in [9.17, 15) is 18.0 Å². The second-order valence-corrected chi connectivity index (χ2v) is 6.31. The van der Waals surface area contributed by atoms with Gasteiger partial charge in [0.05, 0.1) is 31.4 Å². The molecule has 2 unspecified atom stereocenters. The molecule has 0 aliphatic carbocycles. The van der Waals surface area contributed by atoms with E-state index < -0.39 is 17.8 Å². The average molecular weight is 374 g/mol. The van der Waals surface area contributed by atoms with Crippen LogP contribution in [-0.2, 0) is 20.4 Å². The number of hydrogen-bond acceptors (Lipinski definition) is 4. The van der Waals surface area contributed by atoms with E-state index in [1.54, 1.807) is 17.9 Å². The number of halogens is 3. The van der Waals surface area contributed by atoms with Crippen molar-refractivity contribution in [3.8, 4) is 0 Å². The van der Waals surface area contributed by atoms with Crippen LogP contribution in [0.25, 0.3) is 0 Å². The van der Waals surface area contributed by atoms with Crippen molar-refractivity contribution in [3.05, 3.63) is 35.4 Å². The molecule has 146 valence electrons. The maximum Gasteiger partial charge on any atom is 0.416 e. The van der Waals surface area contributed by atoms with Gasteiger partial charge in [-0.3, -0.25) is 4.79 Å². The summed E-state index contributed by atoms with van der Waals surface area (Å²) in [7, 11) is 1.52. The molecule has 0 bridgehead atoms. The van der Waals surface area contributed by atoms with Crippen molar-refractivity contribution in [3.63, 3.8) is 0 Å². The van der Waals surface area contributed by atoms with E-state index in [0.29, 0.717) is 38.5 Å². The van der Waals surface area contributed by atoms with Crippen molar-refractivity contribution in [2.75, 3.05) is 40.0 Å². The van der Waals surface area contributed by atoms with Gasteiger partial charge in [0.1, 0.15) is 0 Å². The number of morpholine rings is 1. The van der Waals surface area contributed by atoms with Gasteiger partial charge in [0.15, 0.2) is 0 Å². The molecule has 5 nitrogen and oxygen atoms in total. The molecule has 2 rings (SSSR count). The lowest BCUT2D eigenvalue weighted by atomic mass is 10.0. The fraction of sp³-hybridized carbons (Fsp3) is 0.611. The quantitative estimate of drug-likeness (QED) is 0.797. The van der Waals surface area contributed by atoms with Crippen LogP contribution in [0, 0.1) is 0 Å². The van der Waals surface area contributed by atoms with Crippen molar-refractivity contribution >= 4 is 5.91 Å². The summed E-state index contributed by atoms with van der Waals surface area (Å²) in [5, 5.41) is 3.22. The van der Waals surface area contributed by atoms with Crippen molar-refractivity contribution in [1.29, 1.82) is 0 Å². The van der Waals surface area contributed by atoms with Crippen LogP contribution in [0.15, 0.2) is 24.3 Å². The van der Waals surface area contributed by atoms with Crippen LogP contribution in [0.2, 0.25) is 0 Å². The predicted octanol–water partition coefficient (Wildman–Crippen LogP) is 2.62. The average Bonchev–Trinajstić information content (AvgIpc) is 2.62. The second-order valence-electron chi connectivity index (χ2n) is 6.31. The summed E-state index contributed by atoms with van der Waals surface area (Å²) < 4.78 is 49.4. The molecule has 1 saturated heterocycles. The van der Waals surface area contributed by atoms with Crippen LogP contribution in [-0.4, -0.2) is 56.9 Å². The van der Waals surface area contributed by atoms with Crippen LogP contribution in [0.5, 0.6) is 0 Å². The number of nitrogens with zero attached hydrogens (tertiary/aromatic N) is 1. The zero-order valence-electron chi connectivity index (χ0n) is 15.0. The fourth-order valence-electron chi connectivity index (χ4n) is 2.96. The Balaban J connectivity index is 2.15. The standard InChI is InChI=1S/C18H25F3N2O3/c1-13(14-4-3-5-15(10-14)18(19,20)21)23(7-9-25-2)17(24)11-16-12-26-8-6-22-16/h3-5,10,13,16,22H,6-9,11-12H2,1-2H3. The van der Waals surface area contributed by atoms with Crippen molar-refractivity contribution in [1.82, 2.24) is 10.2 Å². The summed E-state index contributed by atoms with van der Waals surface area (Å²) in [5.74, 6) is -0.144. The molecule has 1 amide bonds. The highest BCUT2D eigenvalue weighted by atomic mass is 19.4. The van der Waals surface area contributed by atoms with Gasteiger partial charge < -0.3 is 19.7 Å². The molecule has 1 aliphatic rings. The molecule has 2 atom stereocenters. The smallest absolute Gasteiger partial charge is 0.383 e. The molecule has 1 aliphatic heterocycles. The number of carbonyl (C=O) groups excluding carboxylic acids is 1. The number of ether oxygens (including phenoxy) is 2. The Labute approximate surface area is 151 Å². The molecular formula is C18H25F3N2O3. The van der Waals surface area contributed by atoms with Gasteiger partial charge in [-0.15, -0.1) is 0 Å². The zero-order chi connectivity index (χ0) is 19.2. The number of amides is 1. The van der Waals surface area contributed by atoms with E-state index in [0.717, 1.165) is 12.1 Å². The number of methoxy groups -OCH3 is 1. The third kappa shape index (κ3) is 5.69. The van der Waals surface area contributed by atoms with Crippen LogP contribution >= 0.6 is 0 Å². The van der Waals surface area contributed by atoms with Gasteiger partial charge in [-0.05, 0) is 24.6 Å². The van der Waals surface area contributed by atoms with Gasteiger partial charge in [-0.2, -0.15) is 13.2 Å². The second kappa shape index (κ2) is 9.34. The topological polar surface area (TPSA) is 50.8 Å². The van der Waals surface area contributed by atoms with Gasteiger partial charge in [-0.1, -0.05) is 12.1 Å². The Bertz CT molecular complexity index is 589. The van der Waals surface area contributed by atoms with E-state index in [4.69, 9.17) is 9.47 Å². The summed E-state index contributed by atoms with van der Waals surface area (Å²) in [5.41, 5.74) is -0.277. The Morgan fingerprint density at radius 3 is 2.85 bits per heavy atom. The number of benzene rings is 1. The Kier molecular flexibility index (Phi) is 7.43. The molecule has 0 radical (unpaired) electrons. The fourth-order valence-corrected chi connectivity index (χ4v) is 2.96. The maximum atomic E-state index is 13.0. The van der Waals surface area contributed by atoms with E-state index >= 15 is 0 Å². The van der Waals surface area contributed by atoms with Gasteiger partial charge in [0.25, 0.3) is 0 Å². The molecule has 26 heavy (non-hydrogen) atoms. The van der Waals surface area contributed by atoms with Crippen molar-refractivity contribution in [2.24, 2.45) is 0 Å². The third-order valence-electron chi connectivity index (χ3n) is 4.44. The van der Waals surface area contributed by atoms with Crippen molar-refractivity contribution < 1.29 is 27.4 Å². The highest BCUT2D eigenvalue weighted by Crippen LogP contribution is 2.32. The lowest BCUT2D eigenvalue weighted by molar-refractivity contribution is -0.137. The highest BCUT2D eigenvalue weighted by molar-refractivity contribution is 5.77.